The molecule has 0 heterocycles. The van der Waals surface area contributed by atoms with Crippen LogP contribution in [0, 0.1) is 0 Å². The maximum atomic E-state index is 10.2. The Morgan fingerprint density at radius 3 is 1.60 bits per heavy atom. The quantitative estimate of drug-likeness (QED) is 0.422. The van der Waals surface area contributed by atoms with Crippen molar-refractivity contribution in [3.05, 3.63) is 0 Å². The third-order valence-electron chi connectivity index (χ3n) is 0.0825. The van der Waals surface area contributed by atoms with Crippen LogP contribution in [0.15, 0.2) is 0 Å². The molecular weight excluding hydrogens is 83.8 g/mol. The summed E-state index contributed by atoms with van der Waals surface area (Å²) in [5.41, 5.74) is 0. The highest BCUT2D eigenvalue weighted by atomic mass is 19.3. The summed E-state index contributed by atoms with van der Waals surface area (Å²) in [6, 6.07) is 0. The fourth-order valence-corrected chi connectivity index (χ4v) is 0. The van der Waals surface area contributed by atoms with Crippen LogP contribution in [0.4, 0.5) is 13.2 Å². The molecule has 0 spiro atoms. The molecule has 0 saturated carbocycles. The van der Waals surface area contributed by atoms with Crippen LogP contribution in [0.1, 0.15) is 0 Å². The molecule has 0 aliphatic rings. The van der Waals surface area contributed by atoms with Crippen LogP contribution in [0.5, 0.6) is 0 Å². The van der Waals surface area contributed by atoms with Crippen LogP contribution < -0.4 is 0 Å². The van der Waals surface area contributed by atoms with E-state index >= 15 is 0 Å². The van der Waals surface area contributed by atoms with Crippen molar-refractivity contribution in [2.24, 2.45) is 0 Å². The number of rotatable bonds is 1. The van der Waals surface area contributed by atoms with Gasteiger partial charge in [-0.05, 0) is 0 Å². The van der Waals surface area contributed by atoms with Crippen molar-refractivity contribution < 1.29 is 18.0 Å². The van der Waals surface area contributed by atoms with Gasteiger partial charge in [0.15, 0.2) is 0 Å². The Labute approximate surface area is 26.8 Å². The molecule has 0 aliphatic heterocycles. The van der Waals surface area contributed by atoms with Crippen molar-refractivity contribution in [1.82, 2.24) is 0 Å². The lowest BCUT2D eigenvalue weighted by atomic mass is 10.4. The molecule has 0 aromatic carbocycles. The monoisotopic (exact) mass is 85.0 g/mol. The van der Waals surface area contributed by atoms with Crippen LogP contribution in [-0.4, -0.2) is 7.47 Å². The topological polar surface area (TPSA) is 9.23 Å². The predicted octanol–water partition coefficient (Wildman–Crippen LogP) is 0.544. The first-order chi connectivity index (χ1) is 2.27. The number of hydrogen-bond donors (Lipinski definition) is 0. The summed E-state index contributed by atoms with van der Waals surface area (Å²) in [4.78, 5) is 2.00. The zero-order chi connectivity index (χ0) is 4.28. The smallest absolute Gasteiger partial charge is 0.453 e. The Hall–Kier alpha value is -0.185. The van der Waals surface area contributed by atoms with Crippen molar-refractivity contribution >= 4 is 7.47 Å². The molecule has 5 heavy (non-hydrogen) atoms. The van der Waals surface area contributed by atoms with Gasteiger partial charge in [-0.2, -0.15) is 0 Å². The van der Waals surface area contributed by atoms with E-state index in [0.29, 0.717) is 0 Å². The van der Waals surface area contributed by atoms with Crippen molar-refractivity contribution in [1.29, 1.82) is 0 Å². The van der Waals surface area contributed by atoms with Gasteiger partial charge < -0.3 is 13.5 Å². The minimum absolute atomic E-state index is 2.00. The van der Waals surface area contributed by atoms with Gasteiger partial charge in [-0.15, -0.1) is 0 Å². The van der Waals surface area contributed by atoms with Crippen molar-refractivity contribution in [3.8, 4) is 0 Å². The maximum Gasteiger partial charge on any atom is 0.461 e. The van der Waals surface area contributed by atoms with Gasteiger partial charge in [-0.3, -0.25) is 0 Å². The van der Waals surface area contributed by atoms with Gasteiger partial charge in [0.1, 0.15) is 0 Å². The Kier molecular flexibility index (Phi) is 2.00. The fourth-order valence-electron chi connectivity index (χ4n) is 0. The molecule has 1 nitrogen and oxygen atoms in total. The summed E-state index contributed by atoms with van der Waals surface area (Å²) in [7, 11) is -3.90. The molecule has 0 atom stereocenters. The van der Waals surface area contributed by atoms with Crippen molar-refractivity contribution in [3.63, 3.8) is 0 Å². The molecule has 0 rings (SSSR count). The van der Waals surface area contributed by atoms with Crippen molar-refractivity contribution in [2.45, 2.75) is 0 Å². The molecule has 0 aromatic heterocycles. The molecular formula is HBF3O-. The van der Waals surface area contributed by atoms with Crippen LogP contribution in [0.3, 0.4) is 0 Å². The zero-order valence-electron chi connectivity index (χ0n) is 2.25. The van der Waals surface area contributed by atoms with Gasteiger partial charge >= 0.3 is 7.47 Å². The largest absolute Gasteiger partial charge is 0.461 e. The van der Waals surface area contributed by atoms with Gasteiger partial charge in [0, 0.05) is 0 Å². The molecule has 0 unspecified atom stereocenters. The van der Waals surface area contributed by atoms with Gasteiger partial charge in [0.05, 0.1) is 0 Å². The summed E-state index contributed by atoms with van der Waals surface area (Å²) in [6.07, 6.45) is 0. The van der Waals surface area contributed by atoms with Crippen molar-refractivity contribution in [2.75, 3.05) is 0 Å². The molecule has 0 bridgehead atoms. The first kappa shape index (κ1) is 4.81. The van der Waals surface area contributed by atoms with E-state index in [-0.39, 0.29) is 0 Å². The summed E-state index contributed by atoms with van der Waals surface area (Å²) >= 11 is 0. The SMILES string of the molecule is FO[BH-](F)F. The molecule has 0 saturated heterocycles. The predicted molar refractivity (Wildman–Crippen MR) is 11.6 cm³/mol. The van der Waals surface area contributed by atoms with Crippen LogP contribution in [-0.2, 0) is 4.86 Å². The molecule has 0 N–H and O–H groups in total. The van der Waals surface area contributed by atoms with Crippen LogP contribution in [0.2, 0.25) is 0 Å². The Balaban J connectivity index is 2.54. The summed E-state index contributed by atoms with van der Waals surface area (Å²) in [5, 5.41) is 0. The lowest BCUT2D eigenvalue weighted by Gasteiger charge is -1.91. The standard InChI is InChI=1S/BF3HO/c2-1(3)5-4/h1H/q-1. The third-order valence-corrected chi connectivity index (χ3v) is 0.0825. The molecule has 0 fully saturated rings. The molecule has 0 aliphatic carbocycles. The maximum absolute atomic E-state index is 10.2. The average molecular weight is 84.8 g/mol. The van der Waals surface area contributed by atoms with E-state index < -0.39 is 7.47 Å². The van der Waals surface area contributed by atoms with Gasteiger partial charge in [-0.25, -0.2) is 0 Å². The minimum Gasteiger partial charge on any atom is -0.453 e. The Morgan fingerprint density at radius 1 is 1.40 bits per heavy atom. The van der Waals surface area contributed by atoms with E-state index in [9.17, 15) is 13.2 Å². The van der Waals surface area contributed by atoms with Crippen LogP contribution >= 0.6 is 0 Å². The van der Waals surface area contributed by atoms with E-state index in [0.717, 1.165) is 0 Å². The highest BCUT2D eigenvalue weighted by Crippen LogP contribution is 1.85. The first-order valence-electron chi connectivity index (χ1n) is 0.978. The average Bonchev–Trinajstić information content (AvgIpc) is 1.38. The molecule has 5 heteroatoms. The Morgan fingerprint density at radius 2 is 1.60 bits per heavy atom. The van der Waals surface area contributed by atoms with Gasteiger partial charge in [-0.1, -0.05) is 4.53 Å². The van der Waals surface area contributed by atoms with Gasteiger partial charge in [0.25, 0.3) is 0 Å². The number of halogens is 3. The lowest BCUT2D eigenvalue weighted by Crippen LogP contribution is -1.93. The fraction of sp³-hybridized carbons (Fsp3) is 0. The lowest BCUT2D eigenvalue weighted by molar-refractivity contribution is -0.0360. The highest BCUT2D eigenvalue weighted by molar-refractivity contribution is 6.33. The van der Waals surface area contributed by atoms with E-state index in [4.69, 9.17) is 0 Å². The summed E-state index contributed by atoms with van der Waals surface area (Å²) in [6.45, 7) is 0. The minimum atomic E-state index is -3.90. The number of hydrogen-bond acceptors (Lipinski definition) is 1. The molecule has 0 aromatic rings. The highest BCUT2D eigenvalue weighted by Gasteiger charge is 1.89. The van der Waals surface area contributed by atoms with E-state index in [1.165, 1.54) is 0 Å². The molecule has 32 valence electrons. The second kappa shape index (κ2) is 2.08. The summed E-state index contributed by atoms with van der Waals surface area (Å²) < 4.78 is 30.4. The Bertz CT molecular complexity index is 20.9. The molecule has 0 radical (unpaired) electrons. The first-order valence-corrected chi connectivity index (χ1v) is 0.978. The molecule has 0 amide bonds. The normalized spacial score (nSPS) is 9.60. The zero-order valence-corrected chi connectivity index (χ0v) is 2.25. The third kappa shape index (κ3) is 3.81. The second-order valence-corrected chi connectivity index (χ2v) is 0.428. The van der Waals surface area contributed by atoms with E-state index in [1.807, 2.05) is 4.86 Å². The summed E-state index contributed by atoms with van der Waals surface area (Å²) in [5.74, 6) is 0. The van der Waals surface area contributed by atoms with Crippen LogP contribution in [0.25, 0.3) is 0 Å². The van der Waals surface area contributed by atoms with E-state index in [2.05, 4.69) is 0 Å². The van der Waals surface area contributed by atoms with E-state index in [1.54, 1.807) is 0 Å². The van der Waals surface area contributed by atoms with Gasteiger partial charge in [0.2, 0.25) is 0 Å². The second-order valence-electron chi connectivity index (χ2n) is 0.428.